The van der Waals surface area contributed by atoms with E-state index in [1.54, 1.807) is 48.5 Å². The third-order valence-corrected chi connectivity index (χ3v) is 7.62. The number of aromatic nitrogens is 2. The average Bonchev–Trinajstić information content (AvgIpc) is 3.32. The highest BCUT2D eigenvalue weighted by atomic mass is 32.2. The summed E-state index contributed by atoms with van der Waals surface area (Å²) in [7, 11) is -3.65. The van der Waals surface area contributed by atoms with E-state index in [0.29, 0.717) is 11.1 Å². The number of ether oxygens (including phenoxy) is 1. The normalized spacial score (nSPS) is 15.7. The number of hydrogen-bond donors (Lipinski definition) is 1. The second-order valence-corrected chi connectivity index (χ2v) is 10.9. The van der Waals surface area contributed by atoms with Crippen LogP contribution in [0.15, 0.2) is 93.3 Å². The SMILES string of the molecule is CS(=O)(=O)c1ccccc1C1COc2c(-c3ccccc3F)c(=O)n(CC(N)c3ccccc3)c(=O)n21. The Morgan fingerprint density at radius 3 is 2.35 bits per heavy atom. The minimum absolute atomic E-state index is 0.0321. The maximum absolute atomic E-state index is 14.9. The van der Waals surface area contributed by atoms with E-state index in [4.69, 9.17) is 10.5 Å². The summed E-state index contributed by atoms with van der Waals surface area (Å²) in [6.07, 6.45) is 1.08. The molecule has 2 N–H and O–H groups in total. The van der Waals surface area contributed by atoms with Crippen molar-refractivity contribution in [2.24, 2.45) is 5.73 Å². The van der Waals surface area contributed by atoms with Crippen LogP contribution in [0.5, 0.6) is 5.88 Å². The van der Waals surface area contributed by atoms with Crippen molar-refractivity contribution in [3.63, 3.8) is 0 Å². The van der Waals surface area contributed by atoms with Crippen molar-refractivity contribution in [1.82, 2.24) is 9.13 Å². The van der Waals surface area contributed by atoms with Crippen molar-refractivity contribution in [2.75, 3.05) is 12.9 Å². The molecular weight excluding hydrogens is 497 g/mol. The Labute approximate surface area is 212 Å². The lowest BCUT2D eigenvalue weighted by molar-refractivity contribution is 0.342. The molecule has 0 radical (unpaired) electrons. The summed E-state index contributed by atoms with van der Waals surface area (Å²) in [6, 6.07) is 19.4. The van der Waals surface area contributed by atoms with Gasteiger partial charge in [0.1, 0.15) is 24.0 Å². The van der Waals surface area contributed by atoms with Crippen molar-refractivity contribution < 1.29 is 17.5 Å². The monoisotopic (exact) mass is 521 g/mol. The molecule has 8 nitrogen and oxygen atoms in total. The zero-order chi connectivity index (χ0) is 26.3. The molecule has 1 aliphatic rings. The second kappa shape index (κ2) is 9.45. The predicted molar refractivity (Wildman–Crippen MR) is 137 cm³/mol. The molecule has 4 aromatic rings. The van der Waals surface area contributed by atoms with Gasteiger partial charge in [0, 0.05) is 17.9 Å². The van der Waals surface area contributed by atoms with E-state index >= 15 is 0 Å². The first kappa shape index (κ1) is 24.7. The molecule has 0 aliphatic carbocycles. The molecule has 10 heteroatoms. The minimum atomic E-state index is -3.65. The van der Waals surface area contributed by atoms with Gasteiger partial charge in [0.15, 0.2) is 9.84 Å². The van der Waals surface area contributed by atoms with Crippen LogP contribution >= 0.6 is 0 Å². The van der Waals surface area contributed by atoms with Gasteiger partial charge in [-0.05, 0) is 23.3 Å². The quantitative estimate of drug-likeness (QED) is 0.418. The molecule has 2 unspecified atom stereocenters. The molecule has 1 aromatic heterocycles. The third kappa shape index (κ3) is 4.38. The lowest BCUT2D eigenvalue weighted by atomic mass is 10.1. The van der Waals surface area contributed by atoms with Gasteiger partial charge >= 0.3 is 5.69 Å². The fraction of sp³-hybridized carbons (Fsp3) is 0.185. The standard InChI is InChI=1S/C27H24FN3O5S/c1-37(34,35)23-14-8-6-12-19(23)22-16-36-26-24(18-11-5-7-13-20(18)28)25(32)30(27(33)31(22)26)15-21(29)17-9-3-2-4-10-17/h2-14,21-22H,15-16,29H2,1H3. The van der Waals surface area contributed by atoms with E-state index in [1.165, 1.54) is 28.8 Å². The van der Waals surface area contributed by atoms with Crippen LogP contribution in [-0.2, 0) is 16.4 Å². The fourth-order valence-corrected chi connectivity index (χ4v) is 5.64. The Bertz CT molecular complexity index is 1710. The Morgan fingerprint density at radius 2 is 1.65 bits per heavy atom. The van der Waals surface area contributed by atoms with Gasteiger partial charge in [0.25, 0.3) is 5.56 Å². The van der Waals surface area contributed by atoms with Gasteiger partial charge < -0.3 is 10.5 Å². The van der Waals surface area contributed by atoms with Crippen molar-refractivity contribution >= 4 is 9.84 Å². The van der Waals surface area contributed by atoms with Gasteiger partial charge in [0.05, 0.1) is 11.4 Å². The lowest BCUT2D eigenvalue weighted by Gasteiger charge is -2.20. The van der Waals surface area contributed by atoms with Gasteiger partial charge in [0.2, 0.25) is 5.88 Å². The van der Waals surface area contributed by atoms with Crippen LogP contribution in [0.1, 0.15) is 23.2 Å². The van der Waals surface area contributed by atoms with Crippen molar-refractivity contribution in [3.8, 4) is 17.0 Å². The van der Waals surface area contributed by atoms with Crippen LogP contribution in [0.3, 0.4) is 0 Å². The largest absolute Gasteiger partial charge is 0.476 e. The topological polar surface area (TPSA) is 113 Å². The van der Waals surface area contributed by atoms with E-state index in [9.17, 15) is 22.4 Å². The first-order valence-electron chi connectivity index (χ1n) is 11.5. The van der Waals surface area contributed by atoms with Crippen LogP contribution in [0.2, 0.25) is 0 Å². The molecule has 2 atom stereocenters. The Hall–Kier alpha value is -4.02. The van der Waals surface area contributed by atoms with Crippen LogP contribution in [0, 0.1) is 5.82 Å². The summed E-state index contributed by atoms with van der Waals surface area (Å²) in [4.78, 5) is 27.5. The Morgan fingerprint density at radius 1 is 1.00 bits per heavy atom. The van der Waals surface area contributed by atoms with Gasteiger partial charge in [-0.15, -0.1) is 0 Å². The molecule has 0 amide bonds. The number of nitrogens with zero attached hydrogens (tertiary/aromatic N) is 2. The minimum Gasteiger partial charge on any atom is -0.476 e. The smallest absolute Gasteiger partial charge is 0.334 e. The first-order valence-corrected chi connectivity index (χ1v) is 13.4. The molecule has 37 heavy (non-hydrogen) atoms. The van der Waals surface area contributed by atoms with Crippen molar-refractivity contribution in [2.45, 2.75) is 23.5 Å². The lowest BCUT2D eigenvalue weighted by Crippen LogP contribution is -2.43. The molecule has 5 rings (SSSR count). The summed E-state index contributed by atoms with van der Waals surface area (Å²) in [5.74, 6) is -0.776. The molecular formula is C27H24FN3O5S. The number of benzene rings is 3. The summed E-state index contributed by atoms with van der Waals surface area (Å²) < 4.78 is 48.0. The zero-order valence-electron chi connectivity index (χ0n) is 19.9. The molecule has 0 spiro atoms. The molecule has 0 saturated heterocycles. The predicted octanol–water partition coefficient (Wildman–Crippen LogP) is 2.90. The maximum atomic E-state index is 14.9. The summed E-state index contributed by atoms with van der Waals surface area (Å²) in [5, 5.41) is 0. The number of hydrogen-bond acceptors (Lipinski definition) is 6. The van der Waals surface area contributed by atoms with E-state index in [2.05, 4.69) is 0 Å². The van der Waals surface area contributed by atoms with Crippen molar-refractivity contribution in [1.29, 1.82) is 0 Å². The second-order valence-electron chi connectivity index (χ2n) is 8.88. The van der Waals surface area contributed by atoms with Gasteiger partial charge in [-0.2, -0.15) is 0 Å². The van der Waals surface area contributed by atoms with Gasteiger partial charge in [-0.1, -0.05) is 66.7 Å². The zero-order valence-corrected chi connectivity index (χ0v) is 20.7. The summed E-state index contributed by atoms with van der Waals surface area (Å²) in [5.41, 5.74) is 5.78. The maximum Gasteiger partial charge on any atom is 0.334 e. The van der Waals surface area contributed by atoms with Crippen LogP contribution in [-0.4, -0.2) is 30.4 Å². The van der Waals surface area contributed by atoms with Crippen LogP contribution in [0.25, 0.3) is 11.1 Å². The van der Waals surface area contributed by atoms with E-state index in [-0.39, 0.29) is 35.1 Å². The van der Waals surface area contributed by atoms with E-state index < -0.39 is 39.0 Å². The first-order chi connectivity index (χ1) is 17.7. The van der Waals surface area contributed by atoms with Gasteiger partial charge in [-0.25, -0.2) is 17.6 Å². The summed E-state index contributed by atoms with van der Waals surface area (Å²) >= 11 is 0. The molecule has 3 aromatic carbocycles. The summed E-state index contributed by atoms with van der Waals surface area (Å²) in [6.45, 7) is -0.290. The highest BCUT2D eigenvalue weighted by Gasteiger charge is 2.36. The fourth-order valence-electron chi connectivity index (χ4n) is 4.68. The molecule has 0 fully saturated rings. The van der Waals surface area contributed by atoms with Crippen LogP contribution < -0.4 is 21.7 Å². The molecule has 0 saturated carbocycles. The van der Waals surface area contributed by atoms with Crippen LogP contribution in [0.4, 0.5) is 4.39 Å². The average molecular weight is 522 g/mol. The molecule has 1 aliphatic heterocycles. The number of sulfone groups is 1. The molecule has 2 heterocycles. The number of fused-ring (bicyclic) bond motifs is 1. The molecule has 0 bridgehead atoms. The number of rotatable bonds is 6. The number of nitrogens with two attached hydrogens (primary N) is 1. The number of halogens is 1. The molecule has 190 valence electrons. The Balaban J connectivity index is 1.77. The highest BCUT2D eigenvalue weighted by Crippen LogP contribution is 2.37. The highest BCUT2D eigenvalue weighted by molar-refractivity contribution is 7.90. The third-order valence-electron chi connectivity index (χ3n) is 6.45. The van der Waals surface area contributed by atoms with E-state index in [1.807, 2.05) is 6.07 Å². The van der Waals surface area contributed by atoms with Gasteiger partial charge in [-0.3, -0.25) is 13.9 Å². The van der Waals surface area contributed by atoms with Crippen molar-refractivity contribution in [3.05, 3.63) is 117 Å². The Kier molecular flexibility index (Phi) is 6.30. The van der Waals surface area contributed by atoms with E-state index in [0.717, 1.165) is 10.8 Å².